The van der Waals surface area contributed by atoms with Crippen molar-refractivity contribution in [2.45, 2.75) is 6.18 Å². The van der Waals surface area contributed by atoms with Crippen LogP contribution in [-0.2, 0) is 6.18 Å². The molecule has 2 aromatic heterocycles. The van der Waals surface area contributed by atoms with E-state index >= 15 is 0 Å². The van der Waals surface area contributed by atoms with Crippen LogP contribution < -0.4 is 0 Å². The van der Waals surface area contributed by atoms with E-state index in [0.29, 0.717) is 6.20 Å². The van der Waals surface area contributed by atoms with Crippen molar-refractivity contribution in [2.75, 3.05) is 0 Å². The standard InChI is InChI=1S/C9H4BrF3N2O2/c10-5-1-4(9(11,12)13)3-15-6(8(16)17)2-14-7(5)15/h1-3H,(H,16,17). The fraction of sp³-hybridized carbons (Fsp3) is 0.111. The van der Waals surface area contributed by atoms with E-state index in [1.165, 1.54) is 0 Å². The number of rotatable bonds is 1. The van der Waals surface area contributed by atoms with Crippen LogP contribution in [0.3, 0.4) is 0 Å². The second-order valence-electron chi connectivity index (χ2n) is 3.22. The molecule has 0 aliphatic carbocycles. The molecule has 0 radical (unpaired) electrons. The van der Waals surface area contributed by atoms with Gasteiger partial charge in [0.15, 0.2) is 11.3 Å². The number of alkyl halides is 3. The monoisotopic (exact) mass is 308 g/mol. The van der Waals surface area contributed by atoms with Crippen LogP contribution in [0.5, 0.6) is 0 Å². The predicted octanol–water partition coefficient (Wildman–Crippen LogP) is 2.81. The fourth-order valence-electron chi connectivity index (χ4n) is 1.36. The number of halogens is 4. The molecule has 0 aliphatic heterocycles. The van der Waals surface area contributed by atoms with E-state index in [-0.39, 0.29) is 15.8 Å². The average Bonchev–Trinajstić information content (AvgIpc) is 2.60. The van der Waals surface area contributed by atoms with E-state index in [9.17, 15) is 18.0 Å². The Kier molecular flexibility index (Phi) is 2.61. The molecule has 90 valence electrons. The van der Waals surface area contributed by atoms with E-state index in [4.69, 9.17) is 5.11 Å². The van der Waals surface area contributed by atoms with Crippen LogP contribution in [0.1, 0.15) is 16.1 Å². The van der Waals surface area contributed by atoms with Gasteiger partial charge in [-0.1, -0.05) is 0 Å². The van der Waals surface area contributed by atoms with E-state index in [0.717, 1.165) is 16.7 Å². The summed E-state index contributed by atoms with van der Waals surface area (Å²) in [4.78, 5) is 14.5. The Bertz CT molecular complexity index is 606. The summed E-state index contributed by atoms with van der Waals surface area (Å²) in [5.74, 6) is -1.34. The zero-order valence-electron chi connectivity index (χ0n) is 7.99. The first kappa shape index (κ1) is 11.9. The number of imidazole rings is 1. The lowest BCUT2D eigenvalue weighted by Gasteiger charge is -2.08. The third-order valence-electron chi connectivity index (χ3n) is 2.11. The number of hydrogen-bond donors (Lipinski definition) is 1. The summed E-state index contributed by atoms with van der Waals surface area (Å²) in [7, 11) is 0. The highest BCUT2D eigenvalue weighted by Crippen LogP contribution is 2.32. The van der Waals surface area contributed by atoms with Crippen molar-refractivity contribution in [1.82, 2.24) is 9.38 Å². The predicted molar refractivity (Wildman–Crippen MR) is 54.9 cm³/mol. The van der Waals surface area contributed by atoms with Crippen molar-refractivity contribution in [3.05, 3.63) is 34.2 Å². The Morgan fingerprint density at radius 3 is 2.65 bits per heavy atom. The highest BCUT2D eigenvalue weighted by molar-refractivity contribution is 9.10. The molecule has 8 heteroatoms. The first-order valence-corrected chi connectivity index (χ1v) is 5.07. The first-order chi connectivity index (χ1) is 7.80. The lowest BCUT2D eigenvalue weighted by atomic mass is 10.3. The molecular weight excluding hydrogens is 305 g/mol. The molecule has 0 bridgehead atoms. The van der Waals surface area contributed by atoms with Crippen LogP contribution in [0, 0.1) is 0 Å². The normalized spacial score (nSPS) is 12.0. The average molecular weight is 309 g/mol. The molecule has 0 fully saturated rings. The molecule has 4 nitrogen and oxygen atoms in total. The highest BCUT2D eigenvalue weighted by atomic mass is 79.9. The number of pyridine rings is 1. The molecule has 2 heterocycles. The summed E-state index contributed by atoms with van der Waals surface area (Å²) in [5, 5.41) is 8.80. The van der Waals surface area contributed by atoms with Crippen LogP contribution in [0.25, 0.3) is 5.65 Å². The molecule has 0 aliphatic rings. The Labute approximate surface area is 101 Å². The summed E-state index contributed by atoms with van der Waals surface area (Å²) < 4.78 is 38.6. The van der Waals surface area contributed by atoms with Crippen molar-refractivity contribution < 1.29 is 23.1 Å². The molecule has 0 spiro atoms. The summed E-state index contributed by atoms with van der Waals surface area (Å²) in [5.41, 5.74) is -1.15. The molecule has 2 aromatic rings. The van der Waals surface area contributed by atoms with Crippen molar-refractivity contribution in [3.8, 4) is 0 Å². The number of carboxylic acid groups (broad SMARTS) is 1. The fourth-order valence-corrected chi connectivity index (χ4v) is 1.90. The van der Waals surface area contributed by atoms with Gasteiger partial charge in [-0.25, -0.2) is 9.78 Å². The van der Waals surface area contributed by atoms with Gasteiger partial charge in [0.25, 0.3) is 0 Å². The zero-order valence-corrected chi connectivity index (χ0v) is 9.58. The van der Waals surface area contributed by atoms with Gasteiger partial charge in [-0.3, -0.25) is 4.40 Å². The minimum atomic E-state index is -4.54. The largest absolute Gasteiger partial charge is 0.477 e. The van der Waals surface area contributed by atoms with Crippen LogP contribution in [0.4, 0.5) is 13.2 Å². The molecule has 0 amide bonds. The van der Waals surface area contributed by atoms with Gasteiger partial charge in [-0.15, -0.1) is 0 Å². The Morgan fingerprint density at radius 1 is 1.47 bits per heavy atom. The minimum Gasteiger partial charge on any atom is -0.477 e. The molecule has 0 saturated carbocycles. The Hall–Kier alpha value is -1.57. The van der Waals surface area contributed by atoms with Gasteiger partial charge in [-0.2, -0.15) is 13.2 Å². The maximum Gasteiger partial charge on any atom is 0.417 e. The molecular formula is C9H4BrF3N2O2. The van der Waals surface area contributed by atoms with E-state index in [1.54, 1.807) is 0 Å². The van der Waals surface area contributed by atoms with Gasteiger partial charge in [0.05, 0.1) is 16.2 Å². The summed E-state index contributed by atoms with van der Waals surface area (Å²) in [6.45, 7) is 0. The Balaban J connectivity index is 2.78. The maximum absolute atomic E-state index is 12.5. The number of carbonyl (C=O) groups is 1. The number of hydrogen-bond acceptors (Lipinski definition) is 2. The number of fused-ring (bicyclic) bond motifs is 1. The van der Waals surface area contributed by atoms with Gasteiger partial charge < -0.3 is 5.11 Å². The molecule has 0 aromatic carbocycles. The molecule has 0 unspecified atom stereocenters. The van der Waals surface area contributed by atoms with E-state index in [2.05, 4.69) is 20.9 Å². The quantitative estimate of drug-likeness (QED) is 0.881. The van der Waals surface area contributed by atoms with E-state index < -0.39 is 17.7 Å². The molecule has 1 N–H and O–H groups in total. The SMILES string of the molecule is O=C(O)c1cnc2c(Br)cc(C(F)(F)F)cn12. The van der Waals surface area contributed by atoms with Gasteiger partial charge in [0.1, 0.15) is 0 Å². The second kappa shape index (κ2) is 3.73. The summed E-state index contributed by atoms with van der Waals surface area (Å²) in [6.07, 6.45) is -2.84. The van der Waals surface area contributed by atoms with Crippen LogP contribution in [0.2, 0.25) is 0 Å². The number of aromatic carboxylic acids is 1. The van der Waals surface area contributed by atoms with Crippen molar-refractivity contribution in [2.24, 2.45) is 0 Å². The Morgan fingerprint density at radius 2 is 2.12 bits per heavy atom. The second-order valence-corrected chi connectivity index (χ2v) is 4.07. The first-order valence-electron chi connectivity index (χ1n) is 4.28. The van der Waals surface area contributed by atoms with Crippen molar-refractivity contribution >= 4 is 27.5 Å². The zero-order chi connectivity index (χ0) is 12.8. The van der Waals surface area contributed by atoms with Crippen molar-refractivity contribution in [1.29, 1.82) is 0 Å². The third kappa shape index (κ3) is 1.99. The van der Waals surface area contributed by atoms with Gasteiger partial charge in [-0.05, 0) is 22.0 Å². The molecule has 2 rings (SSSR count). The highest BCUT2D eigenvalue weighted by Gasteiger charge is 2.32. The minimum absolute atomic E-state index is 0.0832. The summed E-state index contributed by atoms with van der Waals surface area (Å²) >= 11 is 2.93. The third-order valence-corrected chi connectivity index (χ3v) is 2.69. The lowest BCUT2D eigenvalue weighted by molar-refractivity contribution is -0.137. The number of carboxylic acids is 1. The van der Waals surface area contributed by atoms with Crippen molar-refractivity contribution in [3.63, 3.8) is 0 Å². The van der Waals surface area contributed by atoms with Crippen LogP contribution in [-0.4, -0.2) is 20.5 Å². The van der Waals surface area contributed by atoms with Gasteiger partial charge >= 0.3 is 12.1 Å². The molecule has 0 atom stereocenters. The number of nitrogens with zero attached hydrogens (tertiary/aromatic N) is 2. The number of aromatic nitrogens is 2. The molecule has 17 heavy (non-hydrogen) atoms. The van der Waals surface area contributed by atoms with E-state index in [1.807, 2.05) is 0 Å². The maximum atomic E-state index is 12.5. The van der Waals surface area contributed by atoms with Gasteiger partial charge in [0, 0.05) is 6.20 Å². The summed E-state index contributed by atoms with van der Waals surface area (Å²) in [6, 6.07) is 0.855. The molecule has 0 saturated heterocycles. The topological polar surface area (TPSA) is 54.6 Å². The van der Waals surface area contributed by atoms with Crippen LogP contribution >= 0.6 is 15.9 Å². The smallest absolute Gasteiger partial charge is 0.417 e. The lowest BCUT2D eigenvalue weighted by Crippen LogP contribution is -2.09. The van der Waals surface area contributed by atoms with Gasteiger partial charge in [0.2, 0.25) is 0 Å². The van der Waals surface area contributed by atoms with Crippen LogP contribution in [0.15, 0.2) is 22.9 Å².